The average molecular weight is 357 g/mol. The molecule has 0 radical (unpaired) electrons. The quantitative estimate of drug-likeness (QED) is 0.860. The van der Waals surface area contributed by atoms with Crippen molar-refractivity contribution in [1.29, 1.82) is 0 Å². The first-order chi connectivity index (χ1) is 12.5. The van der Waals surface area contributed by atoms with Gasteiger partial charge >= 0.3 is 0 Å². The second-order valence-corrected chi connectivity index (χ2v) is 6.11. The number of hydrogen-bond donors (Lipinski definition) is 2. The van der Waals surface area contributed by atoms with Gasteiger partial charge in [0.2, 0.25) is 0 Å². The first-order valence-electron chi connectivity index (χ1n) is 8.76. The molecule has 0 atom stereocenters. The van der Waals surface area contributed by atoms with Gasteiger partial charge in [-0.15, -0.1) is 0 Å². The molecule has 0 bridgehead atoms. The van der Waals surface area contributed by atoms with E-state index >= 15 is 0 Å². The van der Waals surface area contributed by atoms with E-state index in [1.54, 1.807) is 4.90 Å². The van der Waals surface area contributed by atoms with E-state index in [9.17, 15) is 15.0 Å². The highest BCUT2D eigenvalue weighted by Gasteiger charge is 2.25. The van der Waals surface area contributed by atoms with Crippen LogP contribution in [-0.2, 0) is 13.0 Å². The van der Waals surface area contributed by atoms with Gasteiger partial charge in [0.05, 0.1) is 18.8 Å². The van der Waals surface area contributed by atoms with Crippen LogP contribution in [0.4, 0.5) is 0 Å². The Morgan fingerprint density at radius 2 is 1.69 bits per heavy atom. The molecule has 2 aromatic carbocycles. The van der Waals surface area contributed by atoms with Crippen molar-refractivity contribution in [2.45, 2.75) is 26.8 Å². The molecule has 1 amide bonds. The van der Waals surface area contributed by atoms with Crippen molar-refractivity contribution >= 4 is 5.91 Å². The molecule has 6 nitrogen and oxygen atoms in total. The summed E-state index contributed by atoms with van der Waals surface area (Å²) in [7, 11) is 0. The number of ether oxygens (including phenoxy) is 2. The van der Waals surface area contributed by atoms with Crippen LogP contribution >= 0.6 is 0 Å². The Balaban J connectivity index is 1.86. The summed E-state index contributed by atoms with van der Waals surface area (Å²) in [5.74, 6) is 0.842. The number of hydrogen-bond acceptors (Lipinski definition) is 5. The Bertz CT molecular complexity index is 818. The minimum absolute atomic E-state index is 0.0761. The Morgan fingerprint density at radius 3 is 2.31 bits per heavy atom. The fourth-order valence-corrected chi connectivity index (χ4v) is 3.15. The fraction of sp³-hybridized carbons (Fsp3) is 0.350. The predicted octanol–water partition coefficient (Wildman–Crippen LogP) is 3.09. The van der Waals surface area contributed by atoms with Crippen LogP contribution in [0.15, 0.2) is 30.3 Å². The summed E-state index contributed by atoms with van der Waals surface area (Å²) in [6.07, 6.45) is 0.701. The molecule has 1 heterocycles. The van der Waals surface area contributed by atoms with E-state index in [1.807, 2.05) is 26.0 Å². The van der Waals surface area contributed by atoms with Crippen molar-refractivity contribution in [2.75, 3.05) is 19.8 Å². The van der Waals surface area contributed by atoms with Gasteiger partial charge in [0.1, 0.15) is 11.5 Å². The number of nitrogens with zero attached hydrogens (tertiary/aromatic N) is 1. The highest BCUT2D eigenvalue weighted by Crippen LogP contribution is 2.34. The van der Waals surface area contributed by atoms with Crippen molar-refractivity contribution in [3.8, 4) is 23.0 Å². The summed E-state index contributed by atoms with van der Waals surface area (Å²) < 4.78 is 11.3. The summed E-state index contributed by atoms with van der Waals surface area (Å²) in [6.45, 7) is 5.91. The van der Waals surface area contributed by atoms with E-state index in [0.717, 1.165) is 16.9 Å². The molecule has 3 rings (SSSR count). The highest BCUT2D eigenvalue weighted by atomic mass is 16.5. The maximum atomic E-state index is 12.8. The molecule has 1 aliphatic rings. The molecule has 2 N–H and O–H groups in total. The fourth-order valence-electron chi connectivity index (χ4n) is 3.15. The molecule has 0 unspecified atom stereocenters. The number of phenolic OH excluding ortho intramolecular Hbond substituents is 2. The molecule has 0 fully saturated rings. The average Bonchev–Trinajstić information content (AvgIpc) is 2.62. The van der Waals surface area contributed by atoms with Crippen molar-refractivity contribution in [3.63, 3.8) is 0 Å². The highest BCUT2D eigenvalue weighted by molar-refractivity contribution is 5.97. The summed E-state index contributed by atoms with van der Waals surface area (Å²) in [4.78, 5) is 14.4. The summed E-state index contributed by atoms with van der Waals surface area (Å²) in [5, 5.41) is 19.4. The number of rotatable bonds is 5. The molecule has 0 aliphatic carbocycles. The third-order valence-corrected chi connectivity index (χ3v) is 4.38. The van der Waals surface area contributed by atoms with E-state index in [0.29, 0.717) is 38.5 Å². The van der Waals surface area contributed by atoms with Crippen molar-refractivity contribution in [2.24, 2.45) is 0 Å². The Morgan fingerprint density at radius 1 is 1.04 bits per heavy atom. The Labute approximate surface area is 152 Å². The monoisotopic (exact) mass is 357 g/mol. The summed E-state index contributed by atoms with van der Waals surface area (Å²) in [5.41, 5.74) is 2.33. The molecule has 138 valence electrons. The molecule has 0 aromatic heterocycles. The maximum absolute atomic E-state index is 12.8. The number of benzene rings is 2. The molecule has 6 heteroatoms. The van der Waals surface area contributed by atoms with Crippen molar-refractivity contribution in [3.05, 3.63) is 47.0 Å². The second-order valence-electron chi connectivity index (χ2n) is 6.11. The van der Waals surface area contributed by atoms with Crippen LogP contribution in [0.2, 0.25) is 0 Å². The standard InChI is InChI=1S/C20H23NO5/c1-3-25-18-9-13-7-8-21(12-14(13)10-19(18)26-4-2)20(24)16-6-5-15(22)11-17(16)23/h5-6,9-11,22-23H,3-4,7-8,12H2,1-2H3. The Hall–Kier alpha value is -2.89. The van der Waals surface area contributed by atoms with Gasteiger partial charge in [-0.1, -0.05) is 0 Å². The minimum Gasteiger partial charge on any atom is -0.508 e. The van der Waals surface area contributed by atoms with Crippen LogP contribution in [0, 0.1) is 0 Å². The van der Waals surface area contributed by atoms with Crippen LogP contribution in [-0.4, -0.2) is 40.8 Å². The molecule has 1 aliphatic heterocycles. The predicted molar refractivity (Wildman–Crippen MR) is 97.0 cm³/mol. The van der Waals surface area contributed by atoms with Gasteiger partial charge in [-0.25, -0.2) is 0 Å². The zero-order valence-corrected chi connectivity index (χ0v) is 15.0. The first-order valence-corrected chi connectivity index (χ1v) is 8.76. The van der Waals surface area contributed by atoms with Crippen molar-refractivity contribution in [1.82, 2.24) is 4.90 Å². The van der Waals surface area contributed by atoms with Gasteiger partial charge in [-0.05, 0) is 55.7 Å². The third-order valence-electron chi connectivity index (χ3n) is 4.38. The molecular weight excluding hydrogens is 334 g/mol. The zero-order valence-electron chi connectivity index (χ0n) is 15.0. The maximum Gasteiger partial charge on any atom is 0.257 e. The third kappa shape index (κ3) is 3.54. The summed E-state index contributed by atoms with van der Waals surface area (Å²) in [6, 6.07) is 7.93. The number of fused-ring (bicyclic) bond motifs is 1. The topological polar surface area (TPSA) is 79.2 Å². The molecular formula is C20H23NO5. The van der Waals surface area contributed by atoms with Gasteiger partial charge in [-0.2, -0.15) is 0 Å². The lowest BCUT2D eigenvalue weighted by Crippen LogP contribution is -2.36. The van der Waals surface area contributed by atoms with Gasteiger partial charge in [0, 0.05) is 19.2 Å². The van der Waals surface area contributed by atoms with Crippen LogP contribution in [0.25, 0.3) is 0 Å². The van der Waals surface area contributed by atoms with Gasteiger partial charge in [0.15, 0.2) is 11.5 Å². The normalized spacial score (nSPS) is 13.2. The molecule has 2 aromatic rings. The van der Waals surface area contributed by atoms with Crippen LogP contribution in [0.3, 0.4) is 0 Å². The van der Waals surface area contributed by atoms with E-state index in [-0.39, 0.29) is 23.0 Å². The van der Waals surface area contributed by atoms with Gasteiger partial charge < -0.3 is 24.6 Å². The minimum atomic E-state index is -0.264. The van der Waals surface area contributed by atoms with Crippen LogP contribution in [0.5, 0.6) is 23.0 Å². The van der Waals surface area contributed by atoms with Crippen molar-refractivity contribution < 1.29 is 24.5 Å². The van der Waals surface area contributed by atoms with Gasteiger partial charge in [0.25, 0.3) is 5.91 Å². The van der Waals surface area contributed by atoms with E-state index < -0.39 is 0 Å². The summed E-state index contributed by atoms with van der Waals surface area (Å²) >= 11 is 0. The molecule has 0 saturated heterocycles. The second kappa shape index (κ2) is 7.56. The number of carbonyl (C=O) groups excluding carboxylic acids is 1. The lowest BCUT2D eigenvalue weighted by molar-refractivity contribution is 0.0731. The van der Waals surface area contributed by atoms with E-state index in [1.165, 1.54) is 18.2 Å². The van der Waals surface area contributed by atoms with Crippen LogP contribution < -0.4 is 9.47 Å². The first kappa shape index (κ1) is 17.9. The lowest BCUT2D eigenvalue weighted by Gasteiger charge is -2.30. The number of carbonyl (C=O) groups is 1. The molecule has 0 saturated carbocycles. The van der Waals surface area contributed by atoms with Crippen LogP contribution in [0.1, 0.15) is 35.3 Å². The molecule has 26 heavy (non-hydrogen) atoms. The smallest absolute Gasteiger partial charge is 0.257 e. The SMILES string of the molecule is CCOc1cc2c(cc1OCC)CN(C(=O)c1ccc(O)cc1O)CC2. The zero-order chi connectivity index (χ0) is 18.7. The number of aromatic hydroxyl groups is 2. The number of phenols is 2. The van der Waals surface area contributed by atoms with E-state index in [2.05, 4.69) is 0 Å². The largest absolute Gasteiger partial charge is 0.508 e. The Kier molecular flexibility index (Phi) is 5.21. The molecule has 0 spiro atoms. The van der Waals surface area contributed by atoms with Gasteiger partial charge in [-0.3, -0.25) is 4.79 Å². The number of amides is 1. The lowest BCUT2D eigenvalue weighted by atomic mass is 9.98. The van der Waals surface area contributed by atoms with E-state index in [4.69, 9.17) is 9.47 Å².